The number of hydrogen-bond acceptors (Lipinski definition) is 4. The molecule has 1 aromatic rings. The van der Waals surface area contributed by atoms with Crippen LogP contribution in [0.3, 0.4) is 0 Å². The number of carbonyl (C=O) groups excluding carboxylic acids is 1. The number of halogens is 1. The SMILES string of the molecule is CC#CC(C)(C)NC(=O)C(Oc1ccc(Cl)cn1)S(C)=O. The standard InChI is InChI=1S/C14H17ClN2O3S/c1-5-8-14(2,3)17-12(18)13(21(4)19)20-11-7-6-10(15)9-16-11/h6-7,9,13H,1-4H3,(H,17,18). The van der Waals surface area contributed by atoms with E-state index in [4.69, 9.17) is 16.3 Å². The molecule has 2 atom stereocenters. The van der Waals surface area contributed by atoms with Crippen molar-refractivity contribution >= 4 is 28.3 Å². The number of nitrogens with one attached hydrogen (secondary N) is 1. The largest absolute Gasteiger partial charge is 0.450 e. The van der Waals surface area contributed by atoms with Crippen LogP contribution in [0.2, 0.25) is 5.02 Å². The Labute approximate surface area is 131 Å². The van der Waals surface area contributed by atoms with Crippen LogP contribution in [-0.2, 0) is 15.6 Å². The number of aromatic nitrogens is 1. The molecule has 1 aromatic heterocycles. The van der Waals surface area contributed by atoms with Crippen molar-refractivity contribution in [1.82, 2.24) is 10.3 Å². The fraction of sp³-hybridized carbons (Fsp3) is 0.429. The van der Waals surface area contributed by atoms with Crippen molar-refractivity contribution < 1.29 is 13.7 Å². The highest BCUT2D eigenvalue weighted by Crippen LogP contribution is 2.14. The first kappa shape index (κ1) is 17.5. The van der Waals surface area contributed by atoms with E-state index in [9.17, 15) is 9.00 Å². The molecule has 0 spiro atoms. The summed E-state index contributed by atoms with van der Waals surface area (Å²) in [7, 11) is -1.53. The topological polar surface area (TPSA) is 68.3 Å². The van der Waals surface area contributed by atoms with Crippen molar-refractivity contribution in [3.63, 3.8) is 0 Å². The molecule has 0 aromatic carbocycles. The first-order valence-corrected chi connectivity index (χ1v) is 8.11. The minimum Gasteiger partial charge on any atom is -0.450 e. The minimum absolute atomic E-state index is 0.175. The van der Waals surface area contributed by atoms with E-state index < -0.39 is 27.7 Å². The number of carbonyl (C=O) groups is 1. The van der Waals surface area contributed by atoms with Crippen LogP contribution in [0.4, 0.5) is 0 Å². The van der Waals surface area contributed by atoms with Crippen molar-refractivity contribution in [2.75, 3.05) is 6.26 Å². The van der Waals surface area contributed by atoms with Gasteiger partial charge in [-0.15, -0.1) is 5.92 Å². The molecule has 0 saturated carbocycles. The highest BCUT2D eigenvalue weighted by molar-refractivity contribution is 7.85. The lowest BCUT2D eigenvalue weighted by Crippen LogP contribution is -2.50. The molecular formula is C14H17ClN2O3S. The van der Waals surface area contributed by atoms with Gasteiger partial charge in [0.05, 0.1) is 21.4 Å². The van der Waals surface area contributed by atoms with Gasteiger partial charge in [-0.05, 0) is 26.8 Å². The Balaban J connectivity index is 2.86. The van der Waals surface area contributed by atoms with E-state index in [0.717, 1.165) is 0 Å². The smallest absolute Gasteiger partial charge is 0.275 e. The molecular weight excluding hydrogens is 312 g/mol. The van der Waals surface area contributed by atoms with Crippen molar-refractivity contribution in [3.8, 4) is 17.7 Å². The van der Waals surface area contributed by atoms with Crippen molar-refractivity contribution in [1.29, 1.82) is 0 Å². The molecule has 2 unspecified atom stereocenters. The van der Waals surface area contributed by atoms with Gasteiger partial charge in [-0.1, -0.05) is 17.5 Å². The minimum atomic E-state index is -1.53. The monoisotopic (exact) mass is 328 g/mol. The number of rotatable bonds is 5. The summed E-state index contributed by atoms with van der Waals surface area (Å²) in [5, 5.41) is 3.13. The second-order valence-corrected chi connectivity index (χ2v) is 6.61. The summed E-state index contributed by atoms with van der Waals surface area (Å²) in [6, 6.07) is 3.08. The van der Waals surface area contributed by atoms with Gasteiger partial charge in [-0.2, -0.15) is 0 Å². The summed E-state index contributed by atoms with van der Waals surface area (Å²) in [5.74, 6) is 5.24. The Kier molecular flexibility index (Phi) is 6.19. The van der Waals surface area contributed by atoms with Crippen LogP contribution in [0, 0.1) is 11.8 Å². The van der Waals surface area contributed by atoms with Gasteiger partial charge >= 0.3 is 0 Å². The van der Waals surface area contributed by atoms with Crippen molar-refractivity contribution in [2.45, 2.75) is 31.7 Å². The number of hydrogen-bond donors (Lipinski definition) is 1. The van der Waals surface area contributed by atoms with E-state index in [1.165, 1.54) is 18.5 Å². The van der Waals surface area contributed by atoms with Crippen LogP contribution >= 0.6 is 11.6 Å². The number of pyridine rings is 1. The third-order valence-electron chi connectivity index (χ3n) is 2.32. The summed E-state index contributed by atoms with van der Waals surface area (Å²) in [6.45, 7) is 5.17. The Morgan fingerprint density at radius 1 is 1.52 bits per heavy atom. The zero-order valence-electron chi connectivity index (χ0n) is 12.3. The van der Waals surface area contributed by atoms with Crippen LogP contribution < -0.4 is 10.1 Å². The first-order chi connectivity index (χ1) is 9.75. The molecule has 0 aliphatic carbocycles. The predicted molar refractivity (Wildman–Crippen MR) is 83.4 cm³/mol. The van der Waals surface area contributed by atoms with E-state index in [-0.39, 0.29) is 5.88 Å². The molecule has 114 valence electrons. The predicted octanol–water partition coefficient (Wildman–Crippen LogP) is 1.74. The van der Waals surface area contributed by atoms with Crippen molar-refractivity contribution in [3.05, 3.63) is 23.4 Å². The van der Waals surface area contributed by atoms with Crippen LogP contribution in [0.1, 0.15) is 20.8 Å². The molecule has 0 aliphatic rings. The molecule has 0 radical (unpaired) electrons. The normalized spacial score (nSPS) is 13.6. The van der Waals surface area contributed by atoms with E-state index in [1.807, 2.05) is 0 Å². The maximum Gasteiger partial charge on any atom is 0.275 e. The summed E-state index contributed by atoms with van der Waals surface area (Å²) in [5.41, 5.74) is -1.91. The highest BCUT2D eigenvalue weighted by atomic mass is 35.5. The third-order valence-corrected chi connectivity index (χ3v) is 3.45. The Bertz CT molecular complexity index is 590. The van der Waals surface area contributed by atoms with Gasteiger partial charge in [0.1, 0.15) is 0 Å². The Hall–Kier alpha value is -1.58. The second-order valence-electron chi connectivity index (χ2n) is 4.75. The molecule has 5 nitrogen and oxygen atoms in total. The fourth-order valence-electron chi connectivity index (χ4n) is 1.52. The number of amides is 1. The molecule has 7 heteroatoms. The first-order valence-electron chi connectivity index (χ1n) is 6.11. The summed E-state index contributed by atoms with van der Waals surface area (Å²) < 4.78 is 17.1. The molecule has 0 fully saturated rings. The zero-order chi connectivity index (χ0) is 16.0. The van der Waals surface area contributed by atoms with Gasteiger partial charge in [0.15, 0.2) is 0 Å². The molecule has 0 saturated heterocycles. The van der Waals surface area contributed by atoms with E-state index in [2.05, 4.69) is 22.1 Å². The van der Waals surface area contributed by atoms with Crippen LogP contribution in [0.25, 0.3) is 0 Å². The molecule has 1 rings (SSSR count). The van der Waals surface area contributed by atoms with Gasteiger partial charge in [-0.3, -0.25) is 9.00 Å². The maximum absolute atomic E-state index is 12.2. The number of ether oxygens (including phenoxy) is 1. The fourth-order valence-corrected chi connectivity index (χ4v) is 2.23. The van der Waals surface area contributed by atoms with Crippen molar-refractivity contribution in [2.24, 2.45) is 0 Å². The van der Waals surface area contributed by atoms with Gasteiger partial charge in [0.25, 0.3) is 11.3 Å². The zero-order valence-corrected chi connectivity index (χ0v) is 13.8. The molecule has 0 bridgehead atoms. The summed E-state index contributed by atoms with van der Waals surface area (Å²) in [4.78, 5) is 16.1. The number of nitrogens with zero attached hydrogens (tertiary/aromatic N) is 1. The summed E-state index contributed by atoms with van der Waals surface area (Å²) >= 11 is 5.72. The van der Waals surface area contributed by atoms with Gasteiger partial charge < -0.3 is 10.1 Å². The third kappa shape index (κ3) is 5.74. The molecule has 1 heterocycles. The molecule has 1 amide bonds. The molecule has 1 N–H and O–H groups in total. The van der Waals surface area contributed by atoms with Gasteiger partial charge in [0, 0.05) is 18.5 Å². The van der Waals surface area contributed by atoms with Crippen LogP contribution in [0.5, 0.6) is 5.88 Å². The lowest BCUT2D eigenvalue weighted by atomic mass is 10.1. The maximum atomic E-state index is 12.2. The van der Waals surface area contributed by atoms with Crippen LogP contribution in [0.15, 0.2) is 18.3 Å². The Morgan fingerprint density at radius 3 is 2.67 bits per heavy atom. The van der Waals surface area contributed by atoms with Gasteiger partial charge in [0.2, 0.25) is 5.88 Å². The van der Waals surface area contributed by atoms with Gasteiger partial charge in [-0.25, -0.2) is 4.98 Å². The van der Waals surface area contributed by atoms with Crippen LogP contribution in [-0.4, -0.2) is 32.3 Å². The highest BCUT2D eigenvalue weighted by Gasteiger charge is 2.29. The lowest BCUT2D eigenvalue weighted by molar-refractivity contribution is -0.125. The molecule has 21 heavy (non-hydrogen) atoms. The molecule has 0 aliphatic heterocycles. The Morgan fingerprint density at radius 2 is 2.19 bits per heavy atom. The average Bonchev–Trinajstić information content (AvgIpc) is 2.36. The second kappa shape index (κ2) is 7.43. The van der Waals surface area contributed by atoms with E-state index in [1.54, 1.807) is 26.8 Å². The van der Waals surface area contributed by atoms with E-state index >= 15 is 0 Å². The lowest BCUT2D eigenvalue weighted by Gasteiger charge is -2.23. The quantitative estimate of drug-likeness (QED) is 0.836. The summed E-state index contributed by atoms with van der Waals surface area (Å²) in [6.07, 6.45) is 2.77. The van der Waals surface area contributed by atoms with E-state index in [0.29, 0.717) is 5.02 Å². The average molecular weight is 329 g/mol.